The minimum absolute atomic E-state index is 0.140. The van der Waals surface area contributed by atoms with Crippen LogP contribution >= 0.6 is 11.3 Å². The Kier molecular flexibility index (Phi) is 6.13. The number of likely N-dealkylation sites (tertiary alicyclic amines) is 1. The van der Waals surface area contributed by atoms with Crippen molar-refractivity contribution < 1.29 is 14.4 Å². The van der Waals surface area contributed by atoms with Crippen LogP contribution in [-0.2, 0) is 4.79 Å². The van der Waals surface area contributed by atoms with Gasteiger partial charge < -0.3 is 15.5 Å². The Balaban J connectivity index is 1.33. The average Bonchev–Trinajstić information content (AvgIpc) is 3.33. The van der Waals surface area contributed by atoms with Gasteiger partial charge in [0.25, 0.3) is 5.91 Å². The van der Waals surface area contributed by atoms with Gasteiger partial charge in [-0.2, -0.15) is 0 Å². The van der Waals surface area contributed by atoms with Gasteiger partial charge in [-0.25, -0.2) is 9.78 Å². The van der Waals surface area contributed by atoms with E-state index in [0.29, 0.717) is 39.9 Å². The molecule has 2 aromatic heterocycles. The molecule has 1 saturated heterocycles. The molecular weight excluding hydrogens is 498 g/mol. The van der Waals surface area contributed by atoms with E-state index in [-0.39, 0.29) is 23.9 Å². The molecule has 0 bridgehead atoms. The molecule has 8 nitrogen and oxygen atoms in total. The Morgan fingerprint density at radius 3 is 2.74 bits per heavy atom. The summed E-state index contributed by atoms with van der Waals surface area (Å²) in [6.07, 6.45) is 4.52. The highest BCUT2D eigenvalue weighted by Crippen LogP contribution is 2.46. The molecule has 190 valence electrons. The molecule has 2 aromatic carbocycles. The van der Waals surface area contributed by atoms with Crippen molar-refractivity contribution in [2.24, 2.45) is 0 Å². The molecular formula is C29H25N5O3S. The molecule has 1 fully saturated rings. The summed E-state index contributed by atoms with van der Waals surface area (Å²) < 4.78 is 0. The summed E-state index contributed by atoms with van der Waals surface area (Å²) in [7, 11) is 0. The number of pyridine rings is 1. The van der Waals surface area contributed by atoms with E-state index in [2.05, 4.69) is 22.2 Å². The summed E-state index contributed by atoms with van der Waals surface area (Å²) >= 11 is 1.25. The van der Waals surface area contributed by atoms with Crippen LogP contribution in [0.1, 0.15) is 22.5 Å². The van der Waals surface area contributed by atoms with Crippen LogP contribution in [0.25, 0.3) is 21.3 Å². The van der Waals surface area contributed by atoms with Gasteiger partial charge in [0.05, 0.1) is 22.4 Å². The number of piperidine rings is 1. The van der Waals surface area contributed by atoms with E-state index < -0.39 is 0 Å². The van der Waals surface area contributed by atoms with Crippen molar-refractivity contribution >= 4 is 56.5 Å². The van der Waals surface area contributed by atoms with Gasteiger partial charge in [0, 0.05) is 25.3 Å². The van der Waals surface area contributed by atoms with Gasteiger partial charge in [0.2, 0.25) is 5.91 Å². The summed E-state index contributed by atoms with van der Waals surface area (Å²) in [4.78, 5) is 47.8. The van der Waals surface area contributed by atoms with Gasteiger partial charge >= 0.3 is 6.03 Å². The quantitative estimate of drug-likeness (QED) is 0.335. The smallest absolute Gasteiger partial charge is 0.331 e. The van der Waals surface area contributed by atoms with E-state index in [9.17, 15) is 14.4 Å². The molecule has 1 atom stereocenters. The monoisotopic (exact) mass is 523 g/mol. The van der Waals surface area contributed by atoms with Crippen molar-refractivity contribution in [1.29, 1.82) is 0 Å². The van der Waals surface area contributed by atoms with Crippen molar-refractivity contribution in [2.45, 2.75) is 18.9 Å². The highest BCUT2D eigenvalue weighted by Gasteiger charge is 2.33. The van der Waals surface area contributed by atoms with Gasteiger partial charge in [-0.15, -0.1) is 11.3 Å². The molecule has 2 aliphatic heterocycles. The zero-order valence-corrected chi connectivity index (χ0v) is 21.3. The summed E-state index contributed by atoms with van der Waals surface area (Å²) in [6.45, 7) is 4.64. The molecule has 0 spiro atoms. The number of hydrogen-bond donors (Lipinski definition) is 2. The molecule has 0 radical (unpaired) electrons. The lowest BCUT2D eigenvalue weighted by Gasteiger charge is -2.32. The lowest BCUT2D eigenvalue weighted by Crippen LogP contribution is -2.49. The van der Waals surface area contributed by atoms with Gasteiger partial charge in [-0.05, 0) is 48.2 Å². The SMILES string of the molecule is C=CC(=O)N1CCCC(NC(=O)c2sc3nccc4c3c2NC(=O)N4c2cccc(-c3ccccc3)c2)C1. The Labute approximate surface area is 223 Å². The first-order valence-electron chi connectivity index (χ1n) is 12.4. The largest absolute Gasteiger partial charge is 0.347 e. The van der Waals surface area contributed by atoms with Crippen LogP contribution in [0.4, 0.5) is 21.9 Å². The molecule has 6 rings (SSSR count). The molecule has 38 heavy (non-hydrogen) atoms. The molecule has 4 aromatic rings. The minimum Gasteiger partial charge on any atom is -0.347 e. The second-order valence-corrected chi connectivity index (χ2v) is 10.3. The number of nitrogens with one attached hydrogen (secondary N) is 2. The molecule has 2 aliphatic rings. The molecule has 9 heteroatoms. The lowest BCUT2D eigenvalue weighted by atomic mass is 10.0. The predicted octanol–water partition coefficient (Wildman–Crippen LogP) is 5.55. The first kappa shape index (κ1) is 23.9. The number of benzene rings is 2. The number of hydrogen-bond acceptors (Lipinski definition) is 5. The maximum absolute atomic E-state index is 13.5. The lowest BCUT2D eigenvalue weighted by molar-refractivity contribution is -0.127. The highest BCUT2D eigenvalue weighted by molar-refractivity contribution is 7.21. The molecule has 0 aliphatic carbocycles. The number of nitrogens with zero attached hydrogens (tertiary/aromatic N) is 3. The Bertz CT molecular complexity index is 1580. The average molecular weight is 524 g/mol. The number of aromatic nitrogens is 1. The Morgan fingerprint density at radius 2 is 1.92 bits per heavy atom. The van der Waals surface area contributed by atoms with E-state index >= 15 is 0 Å². The molecule has 0 saturated carbocycles. The van der Waals surface area contributed by atoms with Crippen molar-refractivity contribution in [3.05, 3.63) is 84.4 Å². The van der Waals surface area contributed by atoms with Crippen LogP contribution in [0.15, 0.2) is 79.5 Å². The standard InChI is InChI=1S/C29H25N5O3S/c1-2-23(35)33-15-7-11-20(17-33)31-27(36)26-25-24-22(13-14-30-28(24)38-26)34(29(37)32-25)21-12-6-10-19(16-21)18-8-4-3-5-9-18/h2-6,8-10,12-14,16,20H,1,7,11,15,17H2,(H,31,36)(H,32,37). The third-order valence-corrected chi connectivity index (χ3v) is 8.00. The third kappa shape index (κ3) is 4.20. The fourth-order valence-electron chi connectivity index (χ4n) is 5.13. The van der Waals surface area contributed by atoms with Crippen molar-refractivity contribution in [3.8, 4) is 11.1 Å². The normalized spacial score (nSPS) is 16.7. The first-order chi connectivity index (χ1) is 18.5. The summed E-state index contributed by atoms with van der Waals surface area (Å²) in [5, 5.41) is 6.75. The first-order valence-corrected chi connectivity index (χ1v) is 13.3. The second kappa shape index (κ2) is 9.75. The van der Waals surface area contributed by atoms with E-state index in [1.54, 1.807) is 22.1 Å². The molecule has 1 unspecified atom stereocenters. The number of anilines is 3. The number of thiophene rings is 1. The predicted molar refractivity (Wildman–Crippen MR) is 150 cm³/mol. The van der Waals surface area contributed by atoms with E-state index in [0.717, 1.165) is 29.4 Å². The number of rotatable bonds is 5. The summed E-state index contributed by atoms with van der Waals surface area (Å²) in [6, 6.07) is 19.1. The van der Waals surface area contributed by atoms with E-state index in [1.165, 1.54) is 17.4 Å². The maximum Gasteiger partial charge on any atom is 0.331 e. The zero-order valence-electron chi connectivity index (χ0n) is 20.5. The van der Waals surface area contributed by atoms with Crippen molar-refractivity contribution in [1.82, 2.24) is 15.2 Å². The van der Waals surface area contributed by atoms with Gasteiger partial charge in [0.1, 0.15) is 9.71 Å². The zero-order chi connectivity index (χ0) is 26.2. The van der Waals surface area contributed by atoms with E-state index in [4.69, 9.17) is 0 Å². The highest BCUT2D eigenvalue weighted by atomic mass is 32.1. The van der Waals surface area contributed by atoms with Gasteiger partial charge in [-0.1, -0.05) is 49.0 Å². The number of carbonyl (C=O) groups excluding carboxylic acids is 3. The second-order valence-electron chi connectivity index (χ2n) is 9.30. The van der Waals surface area contributed by atoms with Gasteiger partial charge in [-0.3, -0.25) is 14.5 Å². The summed E-state index contributed by atoms with van der Waals surface area (Å²) in [5.74, 6) is -0.426. The van der Waals surface area contributed by atoms with Crippen LogP contribution < -0.4 is 15.5 Å². The van der Waals surface area contributed by atoms with Crippen LogP contribution in [0.3, 0.4) is 0 Å². The van der Waals surface area contributed by atoms with Crippen LogP contribution in [0.5, 0.6) is 0 Å². The van der Waals surface area contributed by atoms with Crippen LogP contribution in [0.2, 0.25) is 0 Å². The molecule has 4 amide bonds. The molecule has 4 heterocycles. The van der Waals surface area contributed by atoms with Crippen LogP contribution in [-0.4, -0.2) is 46.9 Å². The van der Waals surface area contributed by atoms with Crippen molar-refractivity contribution in [2.75, 3.05) is 23.3 Å². The number of amides is 4. The van der Waals surface area contributed by atoms with Gasteiger partial charge in [0.15, 0.2) is 0 Å². The third-order valence-electron chi connectivity index (χ3n) is 6.91. The van der Waals surface area contributed by atoms with E-state index in [1.807, 2.05) is 54.6 Å². The fourth-order valence-corrected chi connectivity index (χ4v) is 6.15. The van der Waals surface area contributed by atoms with Crippen molar-refractivity contribution in [3.63, 3.8) is 0 Å². The minimum atomic E-state index is -0.344. The molecule has 2 N–H and O–H groups in total. The summed E-state index contributed by atoms with van der Waals surface area (Å²) in [5.41, 5.74) is 3.91. The number of urea groups is 1. The Hall–Kier alpha value is -4.50. The Morgan fingerprint density at radius 1 is 1.11 bits per heavy atom. The maximum atomic E-state index is 13.5. The van der Waals surface area contributed by atoms with Crippen LogP contribution in [0, 0.1) is 0 Å². The fraction of sp³-hybridized carbons (Fsp3) is 0.172. The number of carbonyl (C=O) groups is 3. The topological polar surface area (TPSA) is 94.6 Å².